The Morgan fingerprint density at radius 2 is 2.21 bits per heavy atom. The van der Waals surface area contributed by atoms with Gasteiger partial charge in [-0.3, -0.25) is 0 Å². The van der Waals surface area contributed by atoms with Crippen molar-refractivity contribution in [2.24, 2.45) is 0 Å². The number of H-pyrrole nitrogens is 1. The van der Waals surface area contributed by atoms with Crippen molar-refractivity contribution in [1.29, 1.82) is 0 Å². The van der Waals surface area contributed by atoms with Crippen LogP contribution >= 0.6 is 0 Å². The lowest BCUT2D eigenvalue weighted by molar-refractivity contribution is 0.415. The number of benzene rings is 1. The first-order chi connectivity index (χ1) is 6.85. The Morgan fingerprint density at radius 3 is 2.93 bits per heavy atom. The molecule has 0 saturated heterocycles. The third kappa shape index (κ3) is 1.48. The monoisotopic (exact) mass is 189 g/mol. The van der Waals surface area contributed by atoms with Crippen LogP contribution in [0.2, 0.25) is 0 Å². The summed E-state index contributed by atoms with van der Waals surface area (Å²) < 4.78 is 5.17. The van der Waals surface area contributed by atoms with Gasteiger partial charge in [0.15, 0.2) is 0 Å². The van der Waals surface area contributed by atoms with Crippen molar-refractivity contribution in [2.75, 3.05) is 7.11 Å². The van der Waals surface area contributed by atoms with E-state index in [-0.39, 0.29) is 0 Å². The number of aryl methyl sites for hydroxylation is 1. The first-order valence-electron chi connectivity index (χ1n) is 4.99. The lowest BCUT2D eigenvalue weighted by atomic mass is 10.1. The maximum atomic E-state index is 5.17. The van der Waals surface area contributed by atoms with E-state index in [0.29, 0.717) is 0 Å². The summed E-state index contributed by atoms with van der Waals surface area (Å²) in [6.45, 7) is 2.20. The van der Waals surface area contributed by atoms with Crippen molar-refractivity contribution in [2.45, 2.75) is 19.8 Å². The minimum Gasteiger partial charge on any atom is -0.497 e. The smallest absolute Gasteiger partial charge is 0.120 e. The Kier molecular flexibility index (Phi) is 2.44. The Morgan fingerprint density at radius 1 is 1.36 bits per heavy atom. The first kappa shape index (κ1) is 9.13. The summed E-state index contributed by atoms with van der Waals surface area (Å²) in [6, 6.07) is 6.17. The Balaban J connectivity index is 2.48. The number of methoxy groups -OCH3 is 1. The predicted molar refractivity (Wildman–Crippen MR) is 58.8 cm³/mol. The largest absolute Gasteiger partial charge is 0.497 e. The van der Waals surface area contributed by atoms with Crippen LogP contribution in [0.3, 0.4) is 0 Å². The molecule has 0 bridgehead atoms. The Hall–Kier alpha value is -1.44. The second kappa shape index (κ2) is 3.74. The fourth-order valence-electron chi connectivity index (χ4n) is 1.77. The molecular formula is C12H15NO. The molecule has 1 heterocycles. The van der Waals surface area contributed by atoms with E-state index in [1.807, 2.05) is 12.1 Å². The second-order valence-electron chi connectivity index (χ2n) is 3.48. The number of aromatic amines is 1. The van der Waals surface area contributed by atoms with Gasteiger partial charge in [-0.2, -0.15) is 0 Å². The topological polar surface area (TPSA) is 25.0 Å². The molecule has 2 nitrogen and oxygen atoms in total. The molecule has 0 amide bonds. The predicted octanol–water partition coefficient (Wildman–Crippen LogP) is 3.13. The van der Waals surface area contributed by atoms with Gasteiger partial charge in [-0.15, -0.1) is 0 Å². The van der Waals surface area contributed by atoms with Crippen LogP contribution in [0.4, 0.5) is 0 Å². The average molecular weight is 189 g/mol. The van der Waals surface area contributed by atoms with Crippen LogP contribution in [0.25, 0.3) is 10.9 Å². The summed E-state index contributed by atoms with van der Waals surface area (Å²) in [7, 11) is 1.69. The zero-order valence-electron chi connectivity index (χ0n) is 8.63. The molecule has 0 aliphatic rings. The molecule has 2 heteroatoms. The van der Waals surface area contributed by atoms with Gasteiger partial charge in [0.25, 0.3) is 0 Å². The molecule has 1 N–H and O–H groups in total. The van der Waals surface area contributed by atoms with Crippen LogP contribution in [0.15, 0.2) is 24.4 Å². The molecule has 0 unspecified atom stereocenters. The SMILES string of the molecule is CCCc1c[nH]c2cc(OC)ccc12. The van der Waals surface area contributed by atoms with E-state index in [1.165, 1.54) is 17.4 Å². The maximum Gasteiger partial charge on any atom is 0.120 e. The summed E-state index contributed by atoms with van der Waals surface area (Å²) in [4.78, 5) is 3.27. The number of nitrogens with one attached hydrogen (secondary N) is 1. The van der Waals surface area contributed by atoms with Crippen molar-refractivity contribution in [1.82, 2.24) is 4.98 Å². The molecule has 0 fully saturated rings. The third-order valence-electron chi connectivity index (χ3n) is 2.49. The maximum absolute atomic E-state index is 5.17. The van der Waals surface area contributed by atoms with Crippen LogP contribution in [-0.2, 0) is 6.42 Å². The van der Waals surface area contributed by atoms with E-state index in [1.54, 1.807) is 7.11 Å². The minimum absolute atomic E-state index is 0.905. The van der Waals surface area contributed by atoms with Crippen LogP contribution < -0.4 is 4.74 Å². The van der Waals surface area contributed by atoms with E-state index >= 15 is 0 Å². The molecule has 0 radical (unpaired) electrons. The number of aromatic nitrogens is 1. The first-order valence-corrected chi connectivity index (χ1v) is 4.99. The summed E-state index contributed by atoms with van der Waals surface area (Å²) >= 11 is 0. The van der Waals surface area contributed by atoms with Crippen molar-refractivity contribution in [3.8, 4) is 5.75 Å². The highest BCUT2D eigenvalue weighted by molar-refractivity contribution is 5.84. The van der Waals surface area contributed by atoms with E-state index in [0.717, 1.165) is 17.7 Å². The van der Waals surface area contributed by atoms with Gasteiger partial charge in [0.1, 0.15) is 5.75 Å². The summed E-state index contributed by atoms with van der Waals surface area (Å²) in [5.74, 6) is 0.905. The molecule has 0 aliphatic carbocycles. The highest BCUT2D eigenvalue weighted by atomic mass is 16.5. The average Bonchev–Trinajstić information content (AvgIpc) is 2.61. The molecule has 2 rings (SSSR count). The standard InChI is InChI=1S/C12H15NO/c1-3-4-9-8-13-12-7-10(14-2)5-6-11(9)12/h5-8,13H,3-4H2,1-2H3. The lowest BCUT2D eigenvalue weighted by Gasteiger charge is -1.99. The zero-order chi connectivity index (χ0) is 9.97. The molecule has 1 aromatic heterocycles. The van der Waals surface area contributed by atoms with Crippen molar-refractivity contribution in [3.63, 3.8) is 0 Å². The molecule has 0 aliphatic heterocycles. The fraction of sp³-hybridized carbons (Fsp3) is 0.333. The van der Waals surface area contributed by atoms with Gasteiger partial charge in [-0.25, -0.2) is 0 Å². The van der Waals surface area contributed by atoms with Crippen LogP contribution in [0.1, 0.15) is 18.9 Å². The molecular weight excluding hydrogens is 174 g/mol. The van der Waals surface area contributed by atoms with Gasteiger partial charge in [-0.05, 0) is 24.1 Å². The van der Waals surface area contributed by atoms with Gasteiger partial charge in [0.2, 0.25) is 0 Å². The zero-order valence-corrected chi connectivity index (χ0v) is 8.63. The Bertz CT molecular complexity index is 431. The molecule has 0 spiro atoms. The van der Waals surface area contributed by atoms with Gasteiger partial charge < -0.3 is 9.72 Å². The quantitative estimate of drug-likeness (QED) is 0.788. The molecule has 1 aromatic carbocycles. The van der Waals surface area contributed by atoms with E-state index in [4.69, 9.17) is 4.74 Å². The summed E-state index contributed by atoms with van der Waals surface area (Å²) in [5.41, 5.74) is 2.55. The number of hydrogen-bond acceptors (Lipinski definition) is 1. The van der Waals surface area contributed by atoms with Gasteiger partial charge in [0, 0.05) is 23.2 Å². The second-order valence-corrected chi connectivity index (χ2v) is 3.48. The van der Waals surface area contributed by atoms with Gasteiger partial charge in [0.05, 0.1) is 7.11 Å². The van der Waals surface area contributed by atoms with Crippen LogP contribution in [-0.4, -0.2) is 12.1 Å². The number of hydrogen-bond donors (Lipinski definition) is 1. The molecule has 0 atom stereocenters. The minimum atomic E-state index is 0.905. The summed E-state index contributed by atoms with van der Waals surface area (Å²) in [6.07, 6.45) is 4.40. The molecule has 74 valence electrons. The lowest BCUT2D eigenvalue weighted by Crippen LogP contribution is -1.82. The molecule has 2 aromatic rings. The molecule has 0 saturated carbocycles. The van der Waals surface area contributed by atoms with Crippen LogP contribution in [0, 0.1) is 0 Å². The number of fused-ring (bicyclic) bond motifs is 1. The van der Waals surface area contributed by atoms with Gasteiger partial charge >= 0.3 is 0 Å². The van der Waals surface area contributed by atoms with Gasteiger partial charge in [-0.1, -0.05) is 13.3 Å². The van der Waals surface area contributed by atoms with Crippen LogP contribution in [0.5, 0.6) is 5.75 Å². The normalized spacial score (nSPS) is 10.7. The number of ether oxygens (including phenoxy) is 1. The van der Waals surface area contributed by atoms with E-state index in [2.05, 4.69) is 24.2 Å². The van der Waals surface area contributed by atoms with E-state index < -0.39 is 0 Å². The van der Waals surface area contributed by atoms with Crippen molar-refractivity contribution < 1.29 is 4.74 Å². The highest BCUT2D eigenvalue weighted by Crippen LogP contribution is 2.23. The molecule has 14 heavy (non-hydrogen) atoms. The number of rotatable bonds is 3. The highest BCUT2D eigenvalue weighted by Gasteiger charge is 2.03. The van der Waals surface area contributed by atoms with Crippen molar-refractivity contribution >= 4 is 10.9 Å². The van der Waals surface area contributed by atoms with Crippen molar-refractivity contribution in [3.05, 3.63) is 30.0 Å². The summed E-state index contributed by atoms with van der Waals surface area (Å²) in [5, 5.41) is 1.31. The Labute approximate surface area is 83.9 Å². The fourth-order valence-corrected chi connectivity index (χ4v) is 1.77. The third-order valence-corrected chi connectivity index (χ3v) is 2.49. The van der Waals surface area contributed by atoms with E-state index in [9.17, 15) is 0 Å².